The molecule has 0 bridgehead atoms. The minimum absolute atomic E-state index is 0.0547. The number of carboxylic acid groups (broad SMARTS) is 1. The van der Waals surface area contributed by atoms with Crippen molar-refractivity contribution < 1.29 is 27.9 Å². The highest BCUT2D eigenvalue weighted by molar-refractivity contribution is 7.89. The van der Waals surface area contributed by atoms with E-state index in [2.05, 4.69) is 0 Å². The van der Waals surface area contributed by atoms with E-state index in [1.165, 1.54) is 16.4 Å². The van der Waals surface area contributed by atoms with Crippen LogP contribution < -0.4 is 9.64 Å². The third kappa shape index (κ3) is 6.08. The van der Waals surface area contributed by atoms with Crippen LogP contribution in [-0.4, -0.2) is 48.8 Å². The molecule has 1 aromatic heterocycles. The Morgan fingerprint density at radius 3 is 2.14 bits per heavy atom. The summed E-state index contributed by atoms with van der Waals surface area (Å²) in [6.07, 6.45) is 4.78. The van der Waals surface area contributed by atoms with Gasteiger partial charge in [0.1, 0.15) is 16.4 Å². The van der Waals surface area contributed by atoms with Crippen LogP contribution in [0.2, 0.25) is 0 Å². The summed E-state index contributed by atoms with van der Waals surface area (Å²) in [4.78, 5) is 28.8. The first-order valence-electron chi connectivity index (χ1n) is 14.4. The van der Waals surface area contributed by atoms with Crippen LogP contribution in [0, 0.1) is 5.92 Å². The Morgan fingerprint density at radius 2 is 1.49 bits per heavy atom. The molecular formula is C33H32N2O6S2. The molecule has 6 rings (SSSR count). The Balaban J connectivity index is 1.31. The van der Waals surface area contributed by atoms with E-state index in [0.29, 0.717) is 17.2 Å². The fraction of sp³-hybridized carbons (Fsp3) is 0.273. The average Bonchev–Trinajstić information content (AvgIpc) is 3.48. The summed E-state index contributed by atoms with van der Waals surface area (Å²) < 4.78 is 34.8. The van der Waals surface area contributed by atoms with E-state index >= 15 is 0 Å². The van der Waals surface area contributed by atoms with Crippen molar-refractivity contribution in [3.05, 3.63) is 95.9 Å². The van der Waals surface area contributed by atoms with Gasteiger partial charge in [-0.15, -0.1) is 11.3 Å². The zero-order valence-corrected chi connectivity index (χ0v) is 25.1. The van der Waals surface area contributed by atoms with E-state index in [0.717, 1.165) is 53.9 Å². The number of para-hydroxylation sites is 1. The molecule has 10 heteroatoms. The van der Waals surface area contributed by atoms with E-state index in [-0.39, 0.29) is 28.8 Å². The number of carbonyl (C=O) groups excluding carboxylic acids is 1. The molecule has 1 saturated heterocycles. The Kier molecular flexibility index (Phi) is 8.34. The molecule has 1 unspecified atom stereocenters. The molecule has 1 N–H and O–H groups in total. The van der Waals surface area contributed by atoms with Crippen LogP contribution in [0.1, 0.15) is 41.8 Å². The highest BCUT2D eigenvalue weighted by Gasteiger charge is 2.44. The van der Waals surface area contributed by atoms with Crippen LogP contribution in [0.4, 0.5) is 5.69 Å². The predicted octanol–water partition coefficient (Wildman–Crippen LogP) is 6.89. The Hall–Kier alpha value is -3.99. The largest absolute Gasteiger partial charge is 0.477 e. The van der Waals surface area contributed by atoms with E-state index in [1.54, 1.807) is 23.1 Å². The maximum absolute atomic E-state index is 13.9. The summed E-state index contributed by atoms with van der Waals surface area (Å²) in [5.74, 6) is -0.336. The molecule has 1 aliphatic heterocycles. The molecular weight excluding hydrogens is 585 g/mol. The van der Waals surface area contributed by atoms with Gasteiger partial charge in [0.05, 0.1) is 23.2 Å². The molecule has 0 radical (unpaired) electrons. The van der Waals surface area contributed by atoms with Crippen molar-refractivity contribution in [3.63, 3.8) is 0 Å². The number of thiophene rings is 1. The van der Waals surface area contributed by atoms with Crippen molar-refractivity contribution >= 4 is 38.9 Å². The maximum atomic E-state index is 13.9. The second-order valence-corrected chi connectivity index (χ2v) is 13.9. The number of amides is 1. The van der Waals surface area contributed by atoms with Crippen LogP contribution in [0.15, 0.2) is 95.9 Å². The number of sulfonamides is 1. The molecule has 43 heavy (non-hydrogen) atoms. The number of carboxylic acids is 1. The van der Waals surface area contributed by atoms with Gasteiger partial charge in [-0.1, -0.05) is 67.8 Å². The van der Waals surface area contributed by atoms with Gasteiger partial charge in [0.25, 0.3) is 0 Å². The van der Waals surface area contributed by atoms with Gasteiger partial charge < -0.3 is 14.7 Å². The van der Waals surface area contributed by atoms with Crippen molar-refractivity contribution in [2.45, 2.75) is 43.0 Å². The monoisotopic (exact) mass is 616 g/mol. The quantitative estimate of drug-likeness (QED) is 0.231. The maximum Gasteiger partial charge on any atom is 0.348 e. The molecule has 2 fully saturated rings. The Morgan fingerprint density at radius 1 is 0.860 bits per heavy atom. The minimum Gasteiger partial charge on any atom is -0.477 e. The van der Waals surface area contributed by atoms with Crippen molar-refractivity contribution in [1.82, 2.24) is 4.31 Å². The molecule has 0 spiro atoms. The molecule has 1 saturated carbocycles. The van der Waals surface area contributed by atoms with Crippen LogP contribution in [-0.2, 0) is 14.8 Å². The standard InChI is InChI=1S/C33H32N2O6S2/c36-31-22-34(43(39,40)27-18-16-26(17-19-27)41-25-14-8-3-9-15-25)21-29(23-10-4-1-5-11-23)35(31)28-20-30(42-32(28)33(37)38)24-12-6-2-7-13-24/h2-3,6-9,12-20,23,29H,1,4-5,10-11,21-22H2,(H,37,38). The van der Waals surface area contributed by atoms with Gasteiger partial charge >= 0.3 is 5.97 Å². The summed E-state index contributed by atoms with van der Waals surface area (Å²) in [6, 6.07) is 26.2. The first-order chi connectivity index (χ1) is 20.8. The summed E-state index contributed by atoms with van der Waals surface area (Å²) in [6.45, 7) is -0.278. The van der Waals surface area contributed by atoms with Crippen molar-refractivity contribution in [3.8, 4) is 21.9 Å². The van der Waals surface area contributed by atoms with Gasteiger partial charge in [0, 0.05) is 11.4 Å². The summed E-state index contributed by atoms with van der Waals surface area (Å²) in [5.41, 5.74) is 1.21. The van der Waals surface area contributed by atoms with Crippen LogP contribution in [0.3, 0.4) is 0 Å². The van der Waals surface area contributed by atoms with Crippen molar-refractivity contribution in [2.24, 2.45) is 5.92 Å². The van der Waals surface area contributed by atoms with Crippen molar-refractivity contribution in [2.75, 3.05) is 18.0 Å². The molecule has 3 aromatic carbocycles. The van der Waals surface area contributed by atoms with Crippen molar-refractivity contribution in [1.29, 1.82) is 0 Å². The zero-order valence-electron chi connectivity index (χ0n) is 23.5. The van der Waals surface area contributed by atoms with E-state index < -0.39 is 27.9 Å². The number of benzene rings is 3. The summed E-state index contributed by atoms with van der Waals surface area (Å²) in [7, 11) is -4.01. The molecule has 1 amide bonds. The summed E-state index contributed by atoms with van der Waals surface area (Å²) in [5, 5.41) is 10.1. The van der Waals surface area contributed by atoms with Gasteiger partial charge in [-0.25, -0.2) is 13.2 Å². The molecule has 1 aliphatic carbocycles. The van der Waals surface area contributed by atoms with Gasteiger partial charge in [-0.05, 0) is 66.8 Å². The lowest BCUT2D eigenvalue weighted by Crippen LogP contribution is -2.60. The van der Waals surface area contributed by atoms with E-state index in [4.69, 9.17) is 4.74 Å². The second-order valence-electron chi connectivity index (χ2n) is 10.9. The predicted molar refractivity (Wildman–Crippen MR) is 166 cm³/mol. The van der Waals surface area contributed by atoms with Crippen LogP contribution in [0.25, 0.3) is 10.4 Å². The number of nitrogens with zero attached hydrogens (tertiary/aromatic N) is 2. The lowest BCUT2D eigenvalue weighted by molar-refractivity contribution is -0.121. The van der Waals surface area contributed by atoms with Gasteiger partial charge in [0.15, 0.2) is 0 Å². The first-order valence-corrected chi connectivity index (χ1v) is 16.6. The number of aromatic carboxylic acids is 1. The molecule has 2 heterocycles. The Labute approximate surface area is 255 Å². The number of piperazine rings is 1. The minimum atomic E-state index is -4.01. The second kappa shape index (κ2) is 12.3. The number of anilines is 1. The van der Waals surface area contributed by atoms with Gasteiger partial charge in [-0.2, -0.15) is 4.31 Å². The fourth-order valence-corrected chi connectivity index (χ4v) is 8.45. The number of hydrogen-bond acceptors (Lipinski definition) is 6. The first kappa shape index (κ1) is 29.1. The number of carbonyl (C=O) groups is 2. The third-order valence-electron chi connectivity index (χ3n) is 8.16. The Bertz CT molecular complexity index is 1700. The molecule has 1 atom stereocenters. The zero-order chi connectivity index (χ0) is 30.0. The highest BCUT2D eigenvalue weighted by atomic mass is 32.2. The number of ether oxygens (including phenoxy) is 1. The SMILES string of the molecule is O=C(O)c1sc(-c2ccccc2)cc1N1C(=O)CN(S(=O)(=O)c2ccc(Oc3ccccc3)cc2)CC1C1CCCCC1. The van der Waals surface area contributed by atoms with Crippen LogP contribution >= 0.6 is 11.3 Å². The molecule has 2 aliphatic rings. The number of hydrogen-bond donors (Lipinski definition) is 1. The van der Waals surface area contributed by atoms with E-state index in [9.17, 15) is 23.1 Å². The van der Waals surface area contributed by atoms with Gasteiger partial charge in [0.2, 0.25) is 15.9 Å². The third-order valence-corrected chi connectivity index (χ3v) is 11.1. The van der Waals surface area contributed by atoms with Gasteiger partial charge in [-0.3, -0.25) is 4.79 Å². The highest BCUT2D eigenvalue weighted by Crippen LogP contribution is 2.42. The topological polar surface area (TPSA) is 104 Å². The fourth-order valence-electron chi connectivity index (χ4n) is 6.05. The number of rotatable bonds is 8. The lowest BCUT2D eigenvalue weighted by Gasteiger charge is -2.44. The van der Waals surface area contributed by atoms with Crippen LogP contribution in [0.5, 0.6) is 11.5 Å². The smallest absolute Gasteiger partial charge is 0.348 e. The summed E-state index contributed by atoms with van der Waals surface area (Å²) >= 11 is 1.13. The molecule has 4 aromatic rings. The lowest BCUT2D eigenvalue weighted by atomic mass is 9.82. The average molecular weight is 617 g/mol. The van der Waals surface area contributed by atoms with E-state index in [1.807, 2.05) is 60.7 Å². The molecule has 222 valence electrons. The molecule has 8 nitrogen and oxygen atoms in total. The normalized spacial score (nSPS) is 18.5.